The summed E-state index contributed by atoms with van der Waals surface area (Å²) in [4.78, 5) is 6.16. The molecule has 1 aliphatic heterocycles. The molecule has 1 N–H and O–H groups in total. The molecular formula is C27H30N2. The van der Waals surface area contributed by atoms with E-state index in [4.69, 9.17) is 0 Å². The Morgan fingerprint density at radius 2 is 1.90 bits per heavy atom. The molecule has 1 aromatic heterocycles. The molecule has 3 aromatic rings. The van der Waals surface area contributed by atoms with Gasteiger partial charge in [-0.2, -0.15) is 0 Å². The van der Waals surface area contributed by atoms with Crippen LogP contribution in [0, 0.1) is 30.6 Å². The number of hydrogen-bond donors (Lipinski definition) is 1. The fraction of sp³-hybridized carbons (Fsp3) is 0.407. The van der Waals surface area contributed by atoms with Crippen LogP contribution in [-0.4, -0.2) is 16.4 Å². The molecule has 2 aliphatic rings. The van der Waals surface area contributed by atoms with Gasteiger partial charge in [-0.05, 0) is 86.7 Å². The van der Waals surface area contributed by atoms with Crippen molar-refractivity contribution >= 4 is 10.9 Å². The largest absolute Gasteiger partial charge is 0.361 e. The molecule has 2 atom stereocenters. The van der Waals surface area contributed by atoms with Gasteiger partial charge in [0.15, 0.2) is 0 Å². The zero-order valence-electron chi connectivity index (χ0n) is 17.5. The standard InChI is InChI=1S/C27H30N2/c1-3-7-23-16-19(2)27-24(12-14-28-27)25(23)18-29-15-13-22(20-10-11-20)17-26(29)21-8-5-4-6-9-21/h4-6,8-9,12,14,16,20,22,26,28H,10-11,13,15,17-18H2,1-2H3/t22?,26-/m0/s1. The van der Waals surface area contributed by atoms with Gasteiger partial charge < -0.3 is 4.98 Å². The smallest absolute Gasteiger partial charge is 0.0487 e. The number of piperidine rings is 1. The van der Waals surface area contributed by atoms with Gasteiger partial charge in [0.1, 0.15) is 0 Å². The number of nitrogens with zero attached hydrogens (tertiary/aromatic N) is 1. The second kappa shape index (κ2) is 7.73. The molecule has 2 heterocycles. The zero-order valence-corrected chi connectivity index (χ0v) is 17.5. The average Bonchev–Trinajstić information content (AvgIpc) is 3.48. The number of nitrogens with one attached hydrogen (secondary N) is 1. The first-order valence-corrected chi connectivity index (χ1v) is 11.1. The first-order valence-electron chi connectivity index (χ1n) is 11.1. The summed E-state index contributed by atoms with van der Waals surface area (Å²) in [5.41, 5.74) is 6.57. The van der Waals surface area contributed by atoms with Crippen LogP contribution in [0.1, 0.15) is 60.9 Å². The molecule has 2 aromatic carbocycles. The van der Waals surface area contributed by atoms with Crippen LogP contribution >= 0.6 is 0 Å². The molecule has 29 heavy (non-hydrogen) atoms. The predicted molar refractivity (Wildman–Crippen MR) is 121 cm³/mol. The number of aryl methyl sites for hydroxylation is 1. The number of aromatic nitrogens is 1. The number of hydrogen-bond acceptors (Lipinski definition) is 1. The summed E-state index contributed by atoms with van der Waals surface area (Å²) in [6.07, 6.45) is 7.60. The second-order valence-electron chi connectivity index (χ2n) is 8.88. The van der Waals surface area contributed by atoms with Gasteiger partial charge in [0.2, 0.25) is 0 Å². The highest BCUT2D eigenvalue weighted by Gasteiger charge is 2.38. The quantitative estimate of drug-likeness (QED) is 0.531. The Bertz CT molecular complexity index is 1060. The highest BCUT2D eigenvalue weighted by atomic mass is 15.2. The summed E-state index contributed by atoms with van der Waals surface area (Å²) in [5, 5.41) is 1.33. The summed E-state index contributed by atoms with van der Waals surface area (Å²) in [6.45, 7) is 6.26. The van der Waals surface area contributed by atoms with E-state index in [9.17, 15) is 0 Å². The Labute approximate surface area is 174 Å². The normalized spacial score (nSPS) is 22.4. The molecule has 1 aliphatic carbocycles. The molecule has 0 bridgehead atoms. The van der Waals surface area contributed by atoms with Crippen molar-refractivity contribution in [3.63, 3.8) is 0 Å². The van der Waals surface area contributed by atoms with Crippen molar-refractivity contribution in [2.45, 2.75) is 52.1 Å². The van der Waals surface area contributed by atoms with E-state index in [-0.39, 0.29) is 0 Å². The number of likely N-dealkylation sites (tertiary alicyclic amines) is 1. The molecule has 1 saturated carbocycles. The summed E-state index contributed by atoms with van der Waals surface area (Å²) in [7, 11) is 0. The third-order valence-corrected chi connectivity index (χ3v) is 7.00. The lowest BCUT2D eigenvalue weighted by Gasteiger charge is -2.40. The van der Waals surface area contributed by atoms with Gasteiger partial charge in [0, 0.05) is 35.2 Å². The Morgan fingerprint density at radius 3 is 2.66 bits per heavy atom. The van der Waals surface area contributed by atoms with E-state index in [2.05, 4.69) is 77.3 Å². The fourth-order valence-electron chi connectivity index (χ4n) is 5.34. The SMILES string of the molecule is CC#Cc1cc(C)c2[nH]ccc2c1CN1CCC(C2CC2)C[C@H]1c1ccccc1. The van der Waals surface area contributed by atoms with Crippen molar-refractivity contribution in [1.82, 2.24) is 9.88 Å². The summed E-state index contributed by atoms with van der Waals surface area (Å²) < 4.78 is 0. The first kappa shape index (κ1) is 18.5. The van der Waals surface area contributed by atoms with Crippen molar-refractivity contribution in [3.05, 3.63) is 70.9 Å². The Morgan fingerprint density at radius 1 is 1.07 bits per heavy atom. The summed E-state index contributed by atoms with van der Waals surface area (Å²) >= 11 is 0. The van der Waals surface area contributed by atoms with Gasteiger partial charge >= 0.3 is 0 Å². The van der Waals surface area contributed by atoms with E-state index in [0.29, 0.717) is 6.04 Å². The van der Waals surface area contributed by atoms with Gasteiger partial charge in [-0.15, -0.1) is 5.92 Å². The zero-order chi connectivity index (χ0) is 19.8. The molecule has 148 valence electrons. The molecule has 2 heteroatoms. The Balaban J connectivity index is 1.52. The maximum Gasteiger partial charge on any atom is 0.0487 e. The monoisotopic (exact) mass is 382 g/mol. The Kier molecular flexibility index (Phi) is 4.94. The molecule has 1 saturated heterocycles. The van der Waals surface area contributed by atoms with E-state index in [1.165, 1.54) is 65.4 Å². The van der Waals surface area contributed by atoms with Crippen LogP contribution in [0.5, 0.6) is 0 Å². The minimum Gasteiger partial charge on any atom is -0.361 e. The third kappa shape index (κ3) is 3.61. The first-order chi connectivity index (χ1) is 14.2. The maximum atomic E-state index is 3.44. The van der Waals surface area contributed by atoms with Crippen molar-refractivity contribution in [2.75, 3.05) is 6.54 Å². The van der Waals surface area contributed by atoms with Crippen LogP contribution in [-0.2, 0) is 6.54 Å². The van der Waals surface area contributed by atoms with E-state index in [1.54, 1.807) is 0 Å². The minimum atomic E-state index is 0.508. The van der Waals surface area contributed by atoms with Crippen LogP contribution in [0.4, 0.5) is 0 Å². The van der Waals surface area contributed by atoms with Gasteiger partial charge in [0.05, 0.1) is 0 Å². The summed E-state index contributed by atoms with van der Waals surface area (Å²) in [6, 6.07) is 16.2. The summed E-state index contributed by atoms with van der Waals surface area (Å²) in [5.74, 6) is 8.42. The van der Waals surface area contributed by atoms with Crippen molar-refractivity contribution < 1.29 is 0 Å². The molecule has 0 spiro atoms. The van der Waals surface area contributed by atoms with Gasteiger partial charge in [-0.3, -0.25) is 4.90 Å². The van der Waals surface area contributed by atoms with Crippen molar-refractivity contribution in [3.8, 4) is 11.8 Å². The highest BCUT2D eigenvalue weighted by molar-refractivity contribution is 5.88. The lowest BCUT2D eigenvalue weighted by atomic mass is 9.83. The third-order valence-electron chi connectivity index (χ3n) is 7.00. The Hall–Kier alpha value is -2.50. The van der Waals surface area contributed by atoms with Gasteiger partial charge in [0.25, 0.3) is 0 Å². The maximum absolute atomic E-state index is 3.44. The van der Waals surface area contributed by atoms with E-state index >= 15 is 0 Å². The fourth-order valence-corrected chi connectivity index (χ4v) is 5.34. The molecule has 5 rings (SSSR count). The predicted octanol–water partition coefficient (Wildman–Crippen LogP) is 6.21. The molecular weight excluding hydrogens is 352 g/mol. The minimum absolute atomic E-state index is 0.508. The van der Waals surface area contributed by atoms with Crippen LogP contribution < -0.4 is 0 Å². The average molecular weight is 383 g/mol. The van der Waals surface area contributed by atoms with Crippen LogP contribution in [0.25, 0.3) is 10.9 Å². The molecule has 1 unspecified atom stereocenters. The van der Waals surface area contributed by atoms with Crippen LogP contribution in [0.3, 0.4) is 0 Å². The van der Waals surface area contributed by atoms with Crippen LogP contribution in [0.2, 0.25) is 0 Å². The number of fused-ring (bicyclic) bond motifs is 1. The number of rotatable bonds is 4. The number of aromatic amines is 1. The lowest BCUT2D eigenvalue weighted by molar-refractivity contribution is 0.0961. The van der Waals surface area contributed by atoms with Crippen LogP contribution in [0.15, 0.2) is 48.7 Å². The van der Waals surface area contributed by atoms with Gasteiger partial charge in [-0.1, -0.05) is 36.3 Å². The number of benzene rings is 2. The van der Waals surface area contributed by atoms with Crippen molar-refractivity contribution in [1.29, 1.82) is 0 Å². The second-order valence-corrected chi connectivity index (χ2v) is 8.88. The highest BCUT2D eigenvalue weighted by Crippen LogP contribution is 2.47. The van der Waals surface area contributed by atoms with E-state index < -0.39 is 0 Å². The molecule has 0 radical (unpaired) electrons. The molecule has 0 amide bonds. The van der Waals surface area contributed by atoms with E-state index in [0.717, 1.165) is 18.4 Å². The number of H-pyrrole nitrogens is 1. The topological polar surface area (TPSA) is 19.0 Å². The molecule has 2 fully saturated rings. The van der Waals surface area contributed by atoms with Gasteiger partial charge in [-0.25, -0.2) is 0 Å². The lowest BCUT2D eigenvalue weighted by Crippen LogP contribution is -2.37. The van der Waals surface area contributed by atoms with Crippen molar-refractivity contribution in [2.24, 2.45) is 11.8 Å². The molecule has 2 nitrogen and oxygen atoms in total. The van der Waals surface area contributed by atoms with E-state index in [1.807, 2.05) is 6.92 Å².